The molecule has 2 N–H and O–H groups in total. The van der Waals surface area contributed by atoms with Gasteiger partial charge in [0.2, 0.25) is 0 Å². The quantitative estimate of drug-likeness (QED) is 0.221. The van der Waals surface area contributed by atoms with E-state index in [1.165, 1.54) is 88.0 Å². The molecule has 0 aliphatic rings. The van der Waals surface area contributed by atoms with E-state index in [0.29, 0.717) is 5.75 Å². The third-order valence-electron chi connectivity index (χ3n) is 5.44. The van der Waals surface area contributed by atoms with Gasteiger partial charge in [-0.25, -0.2) is 0 Å². The van der Waals surface area contributed by atoms with Gasteiger partial charge in [-0.1, -0.05) is 89.3 Å². The van der Waals surface area contributed by atoms with Crippen molar-refractivity contribution < 1.29 is 22.8 Å². The molecule has 0 bridgehead atoms. The van der Waals surface area contributed by atoms with Crippen LogP contribution in [0.5, 0.6) is 17.2 Å². The number of phenolic OH excluding ortho intramolecular Hbond substituents is 1. The second-order valence-electron chi connectivity index (χ2n) is 8.11. The van der Waals surface area contributed by atoms with Crippen molar-refractivity contribution in [3.8, 4) is 17.2 Å². The van der Waals surface area contributed by atoms with Crippen LogP contribution in [0.3, 0.4) is 0 Å². The molecule has 0 radical (unpaired) electrons. The van der Waals surface area contributed by atoms with Gasteiger partial charge < -0.3 is 9.84 Å². The molecule has 31 heavy (non-hydrogen) atoms. The van der Waals surface area contributed by atoms with Crippen molar-refractivity contribution in [1.29, 1.82) is 0 Å². The number of rotatable bonds is 15. The summed E-state index contributed by atoms with van der Waals surface area (Å²) < 4.78 is 38.0. The molecule has 0 saturated heterocycles. The SMILES string of the molecule is CCCCCCCCCCCCCc1ccc(Oc2cccc(O)c2S(=O)(=O)O)cc1. The van der Waals surface area contributed by atoms with Crippen LogP contribution in [-0.2, 0) is 16.5 Å². The van der Waals surface area contributed by atoms with E-state index in [2.05, 4.69) is 6.92 Å². The molecular weight excluding hydrogens is 412 g/mol. The van der Waals surface area contributed by atoms with Crippen LogP contribution >= 0.6 is 0 Å². The number of phenols is 1. The molecule has 0 fully saturated rings. The molecule has 0 heterocycles. The average Bonchev–Trinajstić information content (AvgIpc) is 2.72. The minimum Gasteiger partial charge on any atom is -0.506 e. The highest BCUT2D eigenvalue weighted by atomic mass is 32.2. The van der Waals surface area contributed by atoms with Crippen LogP contribution in [0, 0.1) is 0 Å². The minimum absolute atomic E-state index is 0.111. The third-order valence-corrected chi connectivity index (χ3v) is 6.36. The first-order valence-electron chi connectivity index (χ1n) is 11.5. The highest BCUT2D eigenvalue weighted by molar-refractivity contribution is 7.86. The van der Waals surface area contributed by atoms with Crippen molar-refractivity contribution in [3.05, 3.63) is 48.0 Å². The zero-order valence-corrected chi connectivity index (χ0v) is 19.4. The zero-order chi connectivity index (χ0) is 22.5. The molecule has 2 aromatic rings. The smallest absolute Gasteiger partial charge is 0.301 e. The first-order valence-corrected chi connectivity index (χ1v) is 12.9. The molecule has 2 aromatic carbocycles. The van der Waals surface area contributed by atoms with Gasteiger partial charge in [-0.05, 0) is 42.7 Å². The Balaban J connectivity index is 1.70. The summed E-state index contributed by atoms with van der Waals surface area (Å²) in [4.78, 5) is -0.625. The lowest BCUT2D eigenvalue weighted by molar-refractivity contribution is 0.415. The first-order chi connectivity index (χ1) is 14.9. The van der Waals surface area contributed by atoms with Gasteiger partial charge in [0.05, 0.1) is 0 Å². The number of ether oxygens (including phenoxy) is 1. The normalized spacial score (nSPS) is 11.5. The molecule has 0 aromatic heterocycles. The first kappa shape index (κ1) is 25.2. The Morgan fingerprint density at radius 3 is 1.87 bits per heavy atom. The van der Waals surface area contributed by atoms with E-state index < -0.39 is 20.8 Å². The number of aryl methyl sites for hydroxylation is 1. The van der Waals surface area contributed by atoms with Crippen molar-refractivity contribution in [2.45, 2.75) is 88.9 Å². The number of aromatic hydroxyl groups is 1. The fourth-order valence-electron chi connectivity index (χ4n) is 3.69. The summed E-state index contributed by atoms with van der Waals surface area (Å²) in [5, 5.41) is 9.76. The number of hydrogen-bond donors (Lipinski definition) is 2. The summed E-state index contributed by atoms with van der Waals surface area (Å²) in [7, 11) is -4.60. The van der Waals surface area contributed by atoms with Crippen molar-refractivity contribution in [3.63, 3.8) is 0 Å². The lowest BCUT2D eigenvalue weighted by atomic mass is 10.0. The Kier molecular flexibility index (Phi) is 10.9. The summed E-state index contributed by atoms with van der Waals surface area (Å²) in [6.07, 6.45) is 15.5. The number of benzene rings is 2. The van der Waals surface area contributed by atoms with Crippen molar-refractivity contribution in [2.75, 3.05) is 0 Å². The summed E-state index contributed by atoms with van der Waals surface area (Å²) in [5.74, 6) is -0.216. The van der Waals surface area contributed by atoms with Crippen LogP contribution in [0.2, 0.25) is 0 Å². The summed E-state index contributed by atoms with van der Waals surface area (Å²) in [6.45, 7) is 2.25. The minimum atomic E-state index is -4.60. The molecule has 0 aliphatic heterocycles. The molecular formula is C25H36O5S. The molecule has 6 heteroatoms. The molecule has 0 aliphatic carbocycles. The van der Waals surface area contributed by atoms with E-state index in [1.807, 2.05) is 12.1 Å². The van der Waals surface area contributed by atoms with E-state index in [0.717, 1.165) is 12.8 Å². The predicted molar refractivity (Wildman–Crippen MR) is 125 cm³/mol. The lowest BCUT2D eigenvalue weighted by Gasteiger charge is -2.11. The van der Waals surface area contributed by atoms with E-state index in [-0.39, 0.29) is 5.75 Å². The maximum atomic E-state index is 11.5. The Morgan fingerprint density at radius 1 is 0.774 bits per heavy atom. The van der Waals surface area contributed by atoms with E-state index >= 15 is 0 Å². The van der Waals surface area contributed by atoms with Gasteiger partial charge in [0, 0.05) is 0 Å². The van der Waals surface area contributed by atoms with Gasteiger partial charge >= 0.3 is 10.1 Å². The molecule has 0 atom stereocenters. The van der Waals surface area contributed by atoms with Crippen LogP contribution in [0.15, 0.2) is 47.4 Å². The Labute approximate surface area is 187 Å². The topological polar surface area (TPSA) is 83.8 Å². The van der Waals surface area contributed by atoms with Crippen LogP contribution in [0.1, 0.15) is 83.1 Å². The zero-order valence-electron chi connectivity index (χ0n) is 18.6. The Morgan fingerprint density at radius 2 is 1.32 bits per heavy atom. The standard InChI is InChI=1S/C25H36O5S/c1-2-3-4-5-6-7-8-9-10-11-12-14-21-17-19-22(20-18-21)30-24-16-13-15-23(26)25(24)31(27,28)29/h13,15-20,26H,2-12,14H2,1H3,(H,27,28,29). The van der Waals surface area contributed by atoms with E-state index in [9.17, 15) is 18.1 Å². The maximum Gasteiger partial charge on any atom is 0.301 e. The molecule has 2 rings (SSSR count). The van der Waals surface area contributed by atoms with Crippen molar-refractivity contribution in [2.24, 2.45) is 0 Å². The van der Waals surface area contributed by atoms with Crippen LogP contribution in [-0.4, -0.2) is 18.1 Å². The molecule has 0 unspecified atom stereocenters. The average molecular weight is 449 g/mol. The molecule has 5 nitrogen and oxygen atoms in total. The second-order valence-corrected chi connectivity index (χ2v) is 9.47. The summed E-state index contributed by atoms with van der Waals surface area (Å²) in [5.41, 5.74) is 1.20. The molecule has 0 amide bonds. The van der Waals surface area contributed by atoms with Gasteiger partial charge in [0.25, 0.3) is 0 Å². The Hall–Kier alpha value is -2.05. The highest BCUT2D eigenvalue weighted by Crippen LogP contribution is 2.35. The number of unbranched alkanes of at least 4 members (excludes halogenated alkanes) is 10. The molecule has 0 spiro atoms. The third kappa shape index (κ3) is 9.32. The van der Waals surface area contributed by atoms with Gasteiger partial charge in [0.15, 0.2) is 10.6 Å². The second kappa shape index (κ2) is 13.4. The van der Waals surface area contributed by atoms with Crippen LogP contribution in [0.25, 0.3) is 0 Å². The lowest BCUT2D eigenvalue weighted by Crippen LogP contribution is -2.01. The number of hydrogen-bond acceptors (Lipinski definition) is 4. The van der Waals surface area contributed by atoms with Crippen LogP contribution in [0.4, 0.5) is 0 Å². The van der Waals surface area contributed by atoms with Gasteiger partial charge in [-0.15, -0.1) is 0 Å². The summed E-state index contributed by atoms with van der Waals surface area (Å²) >= 11 is 0. The van der Waals surface area contributed by atoms with Crippen molar-refractivity contribution >= 4 is 10.1 Å². The monoisotopic (exact) mass is 448 g/mol. The maximum absolute atomic E-state index is 11.5. The van der Waals surface area contributed by atoms with Gasteiger partial charge in [0.1, 0.15) is 11.5 Å². The predicted octanol–water partition coefficient (Wildman–Crippen LogP) is 7.28. The van der Waals surface area contributed by atoms with Crippen LogP contribution < -0.4 is 4.74 Å². The largest absolute Gasteiger partial charge is 0.506 e. The molecule has 172 valence electrons. The van der Waals surface area contributed by atoms with Crippen molar-refractivity contribution in [1.82, 2.24) is 0 Å². The highest BCUT2D eigenvalue weighted by Gasteiger charge is 2.22. The van der Waals surface area contributed by atoms with E-state index in [1.54, 1.807) is 12.1 Å². The van der Waals surface area contributed by atoms with Gasteiger partial charge in [-0.3, -0.25) is 4.55 Å². The fraction of sp³-hybridized carbons (Fsp3) is 0.520. The van der Waals surface area contributed by atoms with Gasteiger partial charge in [-0.2, -0.15) is 8.42 Å². The Bertz CT molecular complexity index is 875. The fourth-order valence-corrected chi connectivity index (χ4v) is 4.38. The molecule has 0 saturated carbocycles. The van der Waals surface area contributed by atoms with E-state index in [4.69, 9.17) is 4.74 Å². The summed E-state index contributed by atoms with van der Waals surface area (Å²) in [6, 6.07) is 11.5.